The maximum absolute atomic E-state index is 12.5. The number of carbonyl (C=O) groups excluding carboxylic acids is 2. The maximum atomic E-state index is 12.5. The SMILES string of the molecule is COC(=O)c1ccc([C@@H]2CN(C(=O)OC(C)(C)C)CC[C@@H]2O)c2cc(O)ccc12. The molecule has 29 heavy (non-hydrogen) atoms. The summed E-state index contributed by atoms with van der Waals surface area (Å²) in [5.74, 6) is -0.811. The number of hydrogen-bond donors (Lipinski definition) is 2. The molecule has 7 heteroatoms. The van der Waals surface area contributed by atoms with Crippen molar-refractivity contribution >= 4 is 22.8 Å². The van der Waals surface area contributed by atoms with Gasteiger partial charge in [0.25, 0.3) is 0 Å². The summed E-state index contributed by atoms with van der Waals surface area (Å²) >= 11 is 0. The first-order valence-corrected chi connectivity index (χ1v) is 9.60. The summed E-state index contributed by atoms with van der Waals surface area (Å²) in [6.45, 7) is 6.10. The molecule has 0 unspecified atom stereocenters. The van der Waals surface area contributed by atoms with E-state index in [-0.39, 0.29) is 18.2 Å². The van der Waals surface area contributed by atoms with Crippen LogP contribution in [0.4, 0.5) is 4.79 Å². The number of phenolic OH excluding ortho intramolecular Hbond substituents is 1. The van der Waals surface area contributed by atoms with Gasteiger partial charge in [0.05, 0.1) is 18.8 Å². The molecule has 1 saturated heterocycles. The zero-order chi connectivity index (χ0) is 21.3. The van der Waals surface area contributed by atoms with Gasteiger partial charge in [-0.15, -0.1) is 0 Å². The van der Waals surface area contributed by atoms with Gasteiger partial charge in [0.2, 0.25) is 0 Å². The van der Waals surface area contributed by atoms with Crippen LogP contribution in [0.2, 0.25) is 0 Å². The average Bonchev–Trinajstić information content (AvgIpc) is 2.65. The normalized spacial score (nSPS) is 19.8. The molecule has 2 N–H and O–H groups in total. The molecule has 1 aliphatic heterocycles. The minimum atomic E-state index is -0.664. The number of aromatic hydroxyl groups is 1. The van der Waals surface area contributed by atoms with Gasteiger partial charge >= 0.3 is 12.1 Å². The van der Waals surface area contributed by atoms with Crippen molar-refractivity contribution in [2.45, 2.75) is 44.8 Å². The van der Waals surface area contributed by atoms with Crippen LogP contribution in [0.15, 0.2) is 30.3 Å². The lowest BCUT2D eigenvalue weighted by Gasteiger charge is -2.37. The number of ether oxygens (including phenoxy) is 2. The zero-order valence-electron chi connectivity index (χ0n) is 17.1. The number of piperidine rings is 1. The van der Waals surface area contributed by atoms with Gasteiger partial charge < -0.3 is 24.6 Å². The van der Waals surface area contributed by atoms with Gasteiger partial charge in [-0.2, -0.15) is 0 Å². The van der Waals surface area contributed by atoms with Crippen LogP contribution in [0, 0.1) is 0 Å². The molecule has 1 fully saturated rings. The number of aliphatic hydroxyl groups excluding tert-OH is 1. The minimum absolute atomic E-state index is 0.0510. The summed E-state index contributed by atoms with van der Waals surface area (Å²) in [5, 5.41) is 21.9. The van der Waals surface area contributed by atoms with Crippen molar-refractivity contribution in [3.8, 4) is 5.75 Å². The molecule has 1 amide bonds. The number of benzene rings is 2. The van der Waals surface area contributed by atoms with Crippen LogP contribution >= 0.6 is 0 Å². The molecule has 3 rings (SSSR count). The number of esters is 1. The Morgan fingerprint density at radius 3 is 2.52 bits per heavy atom. The predicted octanol–water partition coefficient (Wildman–Crippen LogP) is 3.42. The number of rotatable bonds is 2. The van der Waals surface area contributed by atoms with E-state index >= 15 is 0 Å². The van der Waals surface area contributed by atoms with Crippen molar-refractivity contribution in [3.63, 3.8) is 0 Å². The van der Waals surface area contributed by atoms with Gasteiger partial charge in [0.1, 0.15) is 11.4 Å². The molecule has 1 aliphatic rings. The largest absolute Gasteiger partial charge is 0.508 e. The van der Waals surface area contributed by atoms with Gasteiger partial charge in [-0.05, 0) is 67.8 Å². The van der Waals surface area contributed by atoms with Gasteiger partial charge in [0, 0.05) is 19.0 Å². The second kappa shape index (κ2) is 7.91. The van der Waals surface area contributed by atoms with Crippen LogP contribution in [0.1, 0.15) is 49.0 Å². The number of fused-ring (bicyclic) bond motifs is 1. The molecule has 156 valence electrons. The molecule has 7 nitrogen and oxygen atoms in total. The average molecular weight is 401 g/mol. The van der Waals surface area contributed by atoms with E-state index in [9.17, 15) is 19.8 Å². The van der Waals surface area contributed by atoms with Crippen LogP contribution in [-0.2, 0) is 9.47 Å². The van der Waals surface area contributed by atoms with Crippen LogP contribution in [-0.4, -0.2) is 59.1 Å². The zero-order valence-corrected chi connectivity index (χ0v) is 17.1. The molecular weight excluding hydrogens is 374 g/mol. The fraction of sp³-hybridized carbons (Fsp3) is 0.455. The third kappa shape index (κ3) is 4.45. The summed E-state index contributed by atoms with van der Waals surface area (Å²) in [6.07, 6.45) is -0.681. The number of carbonyl (C=O) groups is 2. The first-order valence-electron chi connectivity index (χ1n) is 9.60. The molecule has 2 atom stereocenters. The lowest BCUT2D eigenvalue weighted by atomic mass is 9.84. The van der Waals surface area contributed by atoms with Crippen molar-refractivity contribution in [2.75, 3.05) is 20.2 Å². The Labute approximate surface area is 169 Å². The van der Waals surface area contributed by atoms with E-state index in [0.717, 1.165) is 5.56 Å². The summed E-state index contributed by atoms with van der Waals surface area (Å²) in [4.78, 5) is 26.2. The Kier molecular flexibility index (Phi) is 5.71. The number of methoxy groups -OCH3 is 1. The molecule has 0 saturated carbocycles. The number of nitrogens with zero attached hydrogens (tertiary/aromatic N) is 1. The van der Waals surface area contributed by atoms with Crippen molar-refractivity contribution in [1.29, 1.82) is 0 Å². The number of amides is 1. The third-order valence-corrected chi connectivity index (χ3v) is 5.07. The molecule has 0 aromatic heterocycles. The lowest BCUT2D eigenvalue weighted by Crippen LogP contribution is -2.46. The lowest BCUT2D eigenvalue weighted by molar-refractivity contribution is 0.00419. The molecule has 2 aromatic carbocycles. The van der Waals surface area contributed by atoms with Gasteiger partial charge in [-0.25, -0.2) is 9.59 Å². The summed E-state index contributed by atoms with van der Waals surface area (Å²) in [7, 11) is 1.31. The fourth-order valence-corrected chi connectivity index (χ4v) is 3.71. The van der Waals surface area contributed by atoms with Crippen LogP contribution in [0.5, 0.6) is 5.75 Å². The monoisotopic (exact) mass is 401 g/mol. The highest BCUT2D eigenvalue weighted by molar-refractivity contribution is 6.06. The second-order valence-electron chi connectivity index (χ2n) is 8.31. The Morgan fingerprint density at radius 1 is 1.14 bits per heavy atom. The standard InChI is InChI=1S/C22H27NO6/c1-22(2,3)29-21(27)23-10-9-19(25)18(12-23)15-7-8-16(20(26)28-4)14-6-5-13(24)11-17(14)15/h5-8,11,18-19,24-25H,9-10,12H2,1-4H3/t18-,19-/m0/s1. The topological polar surface area (TPSA) is 96.3 Å². The highest BCUT2D eigenvalue weighted by Gasteiger charge is 2.34. The van der Waals surface area contributed by atoms with Gasteiger partial charge in [-0.1, -0.05) is 6.07 Å². The van der Waals surface area contributed by atoms with Crippen LogP contribution in [0.25, 0.3) is 10.8 Å². The van der Waals surface area contributed by atoms with Crippen molar-refractivity contribution in [1.82, 2.24) is 4.90 Å². The Hall–Kier alpha value is -2.80. The molecule has 0 spiro atoms. The van der Waals surface area contributed by atoms with Gasteiger partial charge in [-0.3, -0.25) is 0 Å². The van der Waals surface area contributed by atoms with E-state index in [2.05, 4.69) is 0 Å². The highest BCUT2D eigenvalue weighted by Crippen LogP contribution is 2.36. The Bertz CT molecular complexity index is 933. The first kappa shape index (κ1) is 20.9. The third-order valence-electron chi connectivity index (χ3n) is 5.07. The summed E-state index contributed by atoms with van der Waals surface area (Å²) < 4.78 is 10.3. The highest BCUT2D eigenvalue weighted by atomic mass is 16.6. The minimum Gasteiger partial charge on any atom is -0.508 e. The van der Waals surface area contributed by atoms with E-state index in [1.54, 1.807) is 29.2 Å². The van der Waals surface area contributed by atoms with Crippen LogP contribution < -0.4 is 0 Å². The molecule has 0 aliphatic carbocycles. The molecule has 2 aromatic rings. The summed E-state index contributed by atoms with van der Waals surface area (Å²) in [6, 6.07) is 8.13. The van der Waals surface area contributed by atoms with E-state index in [0.29, 0.717) is 29.3 Å². The Morgan fingerprint density at radius 2 is 1.86 bits per heavy atom. The van der Waals surface area contributed by atoms with Crippen LogP contribution in [0.3, 0.4) is 0 Å². The Balaban J connectivity index is 2.01. The first-order chi connectivity index (χ1) is 13.6. The quantitative estimate of drug-likeness (QED) is 0.749. The summed E-state index contributed by atoms with van der Waals surface area (Å²) in [5.41, 5.74) is 0.522. The second-order valence-corrected chi connectivity index (χ2v) is 8.31. The fourth-order valence-electron chi connectivity index (χ4n) is 3.71. The van der Waals surface area contributed by atoms with E-state index < -0.39 is 23.8 Å². The molecular formula is C22H27NO6. The molecule has 0 radical (unpaired) electrons. The van der Waals surface area contributed by atoms with E-state index in [1.165, 1.54) is 13.2 Å². The smallest absolute Gasteiger partial charge is 0.410 e. The number of hydrogen-bond acceptors (Lipinski definition) is 6. The predicted molar refractivity (Wildman–Crippen MR) is 108 cm³/mol. The van der Waals surface area contributed by atoms with Crippen molar-refractivity contribution < 1.29 is 29.3 Å². The maximum Gasteiger partial charge on any atom is 0.410 e. The number of aliphatic hydroxyl groups is 1. The number of likely N-dealkylation sites (tertiary alicyclic amines) is 1. The molecule has 1 heterocycles. The van der Waals surface area contributed by atoms with Gasteiger partial charge in [0.15, 0.2) is 0 Å². The van der Waals surface area contributed by atoms with E-state index in [1.807, 2.05) is 20.8 Å². The van der Waals surface area contributed by atoms with Crippen molar-refractivity contribution in [3.05, 3.63) is 41.5 Å². The number of phenols is 1. The van der Waals surface area contributed by atoms with E-state index in [4.69, 9.17) is 9.47 Å². The van der Waals surface area contributed by atoms with Crippen molar-refractivity contribution in [2.24, 2.45) is 0 Å². The molecule has 0 bridgehead atoms.